The molecule has 1 saturated carbocycles. The lowest BCUT2D eigenvalue weighted by Gasteiger charge is -2.37. The molecule has 1 N–H and O–H groups in total. The summed E-state index contributed by atoms with van der Waals surface area (Å²) in [5, 5.41) is 9.82. The Hall–Kier alpha value is -0.940. The molecule has 0 aromatic carbocycles. The SMILES string of the molecule is CC1CCC(C(C)C)C(OCC(=O)CC(O)C(=O)OC(C)(C)C)C1. The van der Waals surface area contributed by atoms with Crippen molar-refractivity contribution in [2.24, 2.45) is 17.8 Å². The summed E-state index contributed by atoms with van der Waals surface area (Å²) in [5.41, 5.74) is -0.680. The number of ketones is 1. The zero-order chi connectivity index (χ0) is 18.5. The largest absolute Gasteiger partial charge is 0.458 e. The van der Waals surface area contributed by atoms with Crippen molar-refractivity contribution in [2.75, 3.05) is 6.61 Å². The van der Waals surface area contributed by atoms with Crippen LogP contribution in [0.3, 0.4) is 0 Å². The van der Waals surface area contributed by atoms with Gasteiger partial charge in [0.25, 0.3) is 0 Å². The number of aliphatic hydroxyl groups excluding tert-OH is 1. The van der Waals surface area contributed by atoms with E-state index in [2.05, 4.69) is 20.8 Å². The summed E-state index contributed by atoms with van der Waals surface area (Å²) in [6.45, 7) is 11.7. The minimum absolute atomic E-state index is 0.0551. The molecule has 4 unspecified atom stereocenters. The predicted octanol–water partition coefficient (Wildman–Crippen LogP) is 3.13. The summed E-state index contributed by atoms with van der Waals surface area (Å²) in [5.74, 6) is 0.554. The number of aliphatic hydroxyl groups is 1. The number of carbonyl (C=O) groups excluding carboxylic acids is 2. The highest BCUT2D eigenvalue weighted by atomic mass is 16.6. The number of rotatable bonds is 7. The Morgan fingerprint density at radius 2 is 1.83 bits per heavy atom. The molecule has 0 heterocycles. The monoisotopic (exact) mass is 342 g/mol. The second-order valence-corrected chi connectivity index (χ2v) is 8.47. The fourth-order valence-corrected chi connectivity index (χ4v) is 3.23. The van der Waals surface area contributed by atoms with Gasteiger partial charge in [0.05, 0.1) is 6.10 Å². The van der Waals surface area contributed by atoms with E-state index >= 15 is 0 Å². The zero-order valence-electron chi connectivity index (χ0n) is 16.0. The molecule has 1 fully saturated rings. The van der Waals surface area contributed by atoms with Crippen molar-refractivity contribution >= 4 is 11.8 Å². The second-order valence-electron chi connectivity index (χ2n) is 8.47. The van der Waals surface area contributed by atoms with E-state index in [1.54, 1.807) is 20.8 Å². The van der Waals surface area contributed by atoms with Crippen LogP contribution >= 0.6 is 0 Å². The third-order valence-corrected chi connectivity index (χ3v) is 4.52. The molecule has 0 bridgehead atoms. The molecule has 0 saturated heterocycles. The van der Waals surface area contributed by atoms with E-state index in [1.807, 2.05) is 0 Å². The van der Waals surface area contributed by atoms with Gasteiger partial charge in [-0.15, -0.1) is 0 Å². The molecule has 5 heteroatoms. The van der Waals surface area contributed by atoms with Gasteiger partial charge < -0.3 is 14.6 Å². The second kappa shape index (κ2) is 8.95. The van der Waals surface area contributed by atoms with Crippen LogP contribution in [-0.2, 0) is 19.1 Å². The first-order valence-electron chi connectivity index (χ1n) is 9.03. The van der Waals surface area contributed by atoms with Crippen LogP contribution in [0, 0.1) is 17.8 Å². The molecule has 0 aliphatic heterocycles. The van der Waals surface area contributed by atoms with Gasteiger partial charge in [-0.1, -0.05) is 27.2 Å². The van der Waals surface area contributed by atoms with Crippen molar-refractivity contribution in [1.82, 2.24) is 0 Å². The number of carbonyl (C=O) groups is 2. The molecule has 4 atom stereocenters. The average molecular weight is 342 g/mol. The Morgan fingerprint density at radius 1 is 1.21 bits per heavy atom. The van der Waals surface area contributed by atoms with Crippen LogP contribution in [0.2, 0.25) is 0 Å². The third-order valence-electron chi connectivity index (χ3n) is 4.52. The van der Waals surface area contributed by atoms with Gasteiger partial charge in [0.2, 0.25) is 0 Å². The van der Waals surface area contributed by atoms with Crippen molar-refractivity contribution in [3.8, 4) is 0 Å². The van der Waals surface area contributed by atoms with Crippen LogP contribution in [0.1, 0.15) is 67.2 Å². The molecule has 24 heavy (non-hydrogen) atoms. The van der Waals surface area contributed by atoms with Gasteiger partial charge in [0.1, 0.15) is 12.2 Å². The fourth-order valence-electron chi connectivity index (χ4n) is 3.23. The Morgan fingerprint density at radius 3 is 2.38 bits per heavy atom. The molecular formula is C19H34O5. The Bertz CT molecular complexity index is 424. The lowest BCUT2D eigenvalue weighted by atomic mass is 9.75. The highest BCUT2D eigenvalue weighted by Gasteiger charge is 2.32. The van der Waals surface area contributed by atoms with Gasteiger partial charge in [-0.2, -0.15) is 0 Å². The summed E-state index contributed by atoms with van der Waals surface area (Å²) < 4.78 is 10.9. The number of Topliss-reactive ketones (excluding diaryl/α,β-unsaturated/α-hetero) is 1. The van der Waals surface area contributed by atoms with E-state index in [0.717, 1.165) is 12.8 Å². The number of hydrogen-bond donors (Lipinski definition) is 1. The average Bonchev–Trinajstić information content (AvgIpc) is 2.42. The number of hydrogen-bond acceptors (Lipinski definition) is 5. The quantitative estimate of drug-likeness (QED) is 0.720. The number of ether oxygens (including phenoxy) is 2. The van der Waals surface area contributed by atoms with Gasteiger partial charge in [0, 0.05) is 6.42 Å². The van der Waals surface area contributed by atoms with Gasteiger partial charge in [0.15, 0.2) is 11.9 Å². The summed E-state index contributed by atoms with van der Waals surface area (Å²) in [6.07, 6.45) is 1.68. The maximum absolute atomic E-state index is 12.0. The molecule has 0 aromatic heterocycles. The van der Waals surface area contributed by atoms with Crippen LogP contribution in [0.4, 0.5) is 0 Å². The van der Waals surface area contributed by atoms with Crippen molar-refractivity contribution in [1.29, 1.82) is 0 Å². The molecular weight excluding hydrogens is 308 g/mol. The number of esters is 1. The van der Waals surface area contributed by atoms with Crippen molar-refractivity contribution < 1.29 is 24.2 Å². The van der Waals surface area contributed by atoms with E-state index in [4.69, 9.17) is 9.47 Å². The molecule has 1 rings (SSSR count). The van der Waals surface area contributed by atoms with Crippen LogP contribution < -0.4 is 0 Å². The van der Waals surface area contributed by atoms with Crippen LogP contribution in [0.15, 0.2) is 0 Å². The van der Waals surface area contributed by atoms with Gasteiger partial charge in [-0.3, -0.25) is 4.79 Å². The first-order valence-corrected chi connectivity index (χ1v) is 9.03. The smallest absolute Gasteiger partial charge is 0.335 e. The predicted molar refractivity (Wildman–Crippen MR) is 92.6 cm³/mol. The maximum Gasteiger partial charge on any atom is 0.335 e. The molecule has 0 aromatic rings. The van der Waals surface area contributed by atoms with Crippen LogP contribution in [0.5, 0.6) is 0 Å². The zero-order valence-corrected chi connectivity index (χ0v) is 16.0. The minimum Gasteiger partial charge on any atom is -0.458 e. The van der Waals surface area contributed by atoms with Crippen molar-refractivity contribution in [3.63, 3.8) is 0 Å². The highest BCUT2D eigenvalue weighted by molar-refractivity contribution is 5.86. The van der Waals surface area contributed by atoms with E-state index in [0.29, 0.717) is 17.8 Å². The maximum atomic E-state index is 12.0. The van der Waals surface area contributed by atoms with E-state index in [-0.39, 0.29) is 24.9 Å². The molecule has 5 nitrogen and oxygen atoms in total. The van der Waals surface area contributed by atoms with Crippen molar-refractivity contribution in [3.05, 3.63) is 0 Å². The summed E-state index contributed by atoms with van der Waals surface area (Å²) >= 11 is 0. The lowest BCUT2D eigenvalue weighted by Crippen LogP contribution is -2.37. The Labute approximate surface area is 146 Å². The summed E-state index contributed by atoms with van der Waals surface area (Å²) in [4.78, 5) is 23.8. The molecule has 0 radical (unpaired) electrons. The highest BCUT2D eigenvalue weighted by Crippen LogP contribution is 2.35. The van der Waals surface area contributed by atoms with E-state index in [9.17, 15) is 14.7 Å². The van der Waals surface area contributed by atoms with Gasteiger partial charge in [-0.05, 0) is 51.4 Å². The van der Waals surface area contributed by atoms with Gasteiger partial charge in [-0.25, -0.2) is 4.79 Å². The third kappa shape index (κ3) is 7.31. The van der Waals surface area contributed by atoms with Crippen LogP contribution in [-0.4, -0.2) is 41.3 Å². The first-order chi connectivity index (χ1) is 11.0. The standard InChI is InChI=1S/C19H34O5/c1-12(2)15-8-7-13(3)9-17(15)23-11-14(20)10-16(21)18(22)24-19(4,5)6/h12-13,15-17,21H,7-11H2,1-6H3. The molecule has 0 amide bonds. The minimum atomic E-state index is -1.42. The summed E-state index contributed by atoms with van der Waals surface area (Å²) in [6, 6.07) is 0. The normalized spacial score (nSPS) is 26.2. The Balaban J connectivity index is 2.45. The van der Waals surface area contributed by atoms with Gasteiger partial charge >= 0.3 is 5.97 Å². The topological polar surface area (TPSA) is 72.8 Å². The van der Waals surface area contributed by atoms with E-state index < -0.39 is 17.7 Å². The molecule has 1 aliphatic carbocycles. The lowest BCUT2D eigenvalue weighted by molar-refractivity contribution is -0.166. The summed E-state index contributed by atoms with van der Waals surface area (Å²) in [7, 11) is 0. The molecule has 140 valence electrons. The molecule has 0 spiro atoms. The van der Waals surface area contributed by atoms with Crippen molar-refractivity contribution in [2.45, 2.75) is 85.0 Å². The fraction of sp³-hybridized carbons (Fsp3) is 0.895. The van der Waals surface area contributed by atoms with E-state index in [1.165, 1.54) is 6.42 Å². The first kappa shape index (κ1) is 21.1. The molecule has 1 aliphatic rings. The van der Waals surface area contributed by atoms with Crippen LogP contribution in [0.25, 0.3) is 0 Å². The Kier molecular flexibility index (Phi) is 7.87.